The van der Waals surface area contributed by atoms with Gasteiger partial charge in [0.05, 0.1) is 17.2 Å². The fraction of sp³-hybridized carbons (Fsp3) is 0.130. The Bertz CT molecular complexity index is 1280. The number of fused-ring (bicyclic) bond motifs is 5. The summed E-state index contributed by atoms with van der Waals surface area (Å²) in [6.45, 7) is 0.691. The number of rotatable bonds is 2. The topological polar surface area (TPSA) is 80.1 Å². The van der Waals surface area contributed by atoms with Gasteiger partial charge in [-0.1, -0.05) is 29.8 Å². The Morgan fingerprint density at radius 2 is 2.10 bits per heavy atom. The predicted molar refractivity (Wildman–Crippen MR) is 111 cm³/mol. The summed E-state index contributed by atoms with van der Waals surface area (Å²) >= 11 is 6.00. The second-order valence-electron chi connectivity index (χ2n) is 7.24. The number of carbonyl (C=O) groups excluding carboxylic acids is 1. The minimum atomic E-state index is -0.362. The number of nitriles is 1. The fourth-order valence-corrected chi connectivity index (χ4v) is 4.43. The second kappa shape index (κ2) is 6.54. The van der Waals surface area contributed by atoms with Crippen LogP contribution in [0, 0.1) is 11.3 Å². The molecule has 0 saturated carbocycles. The number of halogens is 1. The maximum absolute atomic E-state index is 13.0. The van der Waals surface area contributed by atoms with E-state index >= 15 is 0 Å². The van der Waals surface area contributed by atoms with Gasteiger partial charge in [0, 0.05) is 39.9 Å². The molecule has 29 heavy (non-hydrogen) atoms. The van der Waals surface area contributed by atoms with Crippen LogP contribution in [0.15, 0.2) is 65.9 Å². The summed E-state index contributed by atoms with van der Waals surface area (Å²) in [5.74, 6) is -0.496. The number of nitrogens with one attached hydrogen (secondary N) is 1. The van der Waals surface area contributed by atoms with Crippen LogP contribution >= 0.6 is 11.6 Å². The van der Waals surface area contributed by atoms with Crippen LogP contribution in [0.4, 0.5) is 0 Å². The molecule has 3 heterocycles. The predicted octanol–water partition coefficient (Wildman–Crippen LogP) is 4.66. The molecule has 0 spiro atoms. The molecule has 2 aliphatic heterocycles. The van der Waals surface area contributed by atoms with Crippen LogP contribution in [0.5, 0.6) is 5.75 Å². The highest BCUT2D eigenvalue weighted by atomic mass is 35.5. The number of aromatic amines is 1. The van der Waals surface area contributed by atoms with Crippen molar-refractivity contribution in [2.24, 2.45) is 0 Å². The Hall–Kier alpha value is -3.49. The van der Waals surface area contributed by atoms with E-state index in [9.17, 15) is 15.2 Å². The molecule has 2 aliphatic rings. The lowest BCUT2D eigenvalue weighted by Crippen LogP contribution is -2.35. The lowest BCUT2D eigenvalue weighted by molar-refractivity contribution is 0.103. The molecule has 2 N–H and O–H groups in total. The average Bonchev–Trinajstić information content (AvgIpc) is 3.12. The summed E-state index contributed by atoms with van der Waals surface area (Å²) < 4.78 is 0. The minimum Gasteiger partial charge on any atom is -0.507 e. The van der Waals surface area contributed by atoms with Crippen LogP contribution in [0.2, 0.25) is 5.02 Å². The van der Waals surface area contributed by atoms with E-state index in [4.69, 9.17) is 11.6 Å². The molecule has 0 amide bonds. The number of phenols is 1. The van der Waals surface area contributed by atoms with Crippen molar-refractivity contribution in [2.45, 2.75) is 12.5 Å². The van der Waals surface area contributed by atoms with Gasteiger partial charge in [-0.3, -0.25) is 4.79 Å². The molecule has 0 bridgehead atoms. The summed E-state index contributed by atoms with van der Waals surface area (Å²) in [6.07, 6.45) is 4.21. The fourth-order valence-electron chi connectivity index (χ4n) is 4.26. The second-order valence-corrected chi connectivity index (χ2v) is 7.68. The molecule has 142 valence electrons. The number of hydrogen-bond donors (Lipinski definition) is 2. The molecular formula is C23H16ClN3O2. The summed E-state index contributed by atoms with van der Waals surface area (Å²) in [5.41, 5.74) is 4.24. The van der Waals surface area contributed by atoms with Crippen LogP contribution < -0.4 is 0 Å². The first-order valence-electron chi connectivity index (χ1n) is 9.29. The van der Waals surface area contributed by atoms with Crippen molar-refractivity contribution in [3.05, 3.63) is 87.7 Å². The third-order valence-corrected chi connectivity index (χ3v) is 5.81. The molecule has 3 aromatic rings. The van der Waals surface area contributed by atoms with Gasteiger partial charge in [-0.15, -0.1) is 0 Å². The van der Waals surface area contributed by atoms with Crippen molar-refractivity contribution in [1.29, 1.82) is 5.26 Å². The van der Waals surface area contributed by atoms with Crippen LogP contribution in [0.3, 0.4) is 0 Å². The number of ketones is 1. The van der Waals surface area contributed by atoms with Crippen molar-refractivity contribution >= 4 is 28.3 Å². The van der Waals surface area contributed by atoms with E-state index in [1.54, 1.807) is 12.3 Å². The normalized spacial score (nSPS) is 17.8. The monoisotopic (exact) mass is 401 g/mol. The van der Waals surface area contributed by atoms with Crippen LogP contribution in [-0.2, 0) is 6.42 Å². The highest BCUT2D eigenvalue weighted by Crippen LogP contribution is 2.41. The first-order chi connectivity index (χ1) is 14.1. The first-order valence-corrected chi connectivity index (χ1v) is 9.66. The zero-order valence-corrected chi connectivity index (χ0v) is 16.1. The molecule has 0 saturated heterocycles. The van der Waals surface area contributed by atoms with Crippen molar-refractivity contribution in [2.75, 3.05) is 6.54 Å². The summed E-state index contributed by atoms with van der Waals surface area (Å²) in [7, 11) is 0. The number of hydrogen-bond acceptors (Lipinski definition) is 4. The Labute approximate surface area is 172 Å². The molecule has 1 aromatic heterocycles. The van der Waals surface area contributed by atoms with Crippen molar-refractivity contribution in [1.82, 2.24) is 9.88 Å². The van der Waals surface area contributed by atoms with E-state index in [2.05, 4.69) is 17.1 Å². The Morgan fingerprint density at radius 3 is 2.93 bits per heavy atom. The number of Topliss-reactive ketones (excluding diaryl/α,β-unsaturated/α-hetero) is 1. The number of benzene rings is 2. The van der Waals surface area contributed by atoms with Crippen LogP contribution in [0.1, 0.15) is 27.7 Å². The smallest absolute Gasteiger partial charge is 0.198 e. The molecule has 1 unspecified atom stereocenters. The zero-order valence-electron chi connectivity index (χ0n) is 15.3. The quantitative estimate of drug-likeness (QED) is 0.612. The maximum Gasteiger partial charge on any atom is 0.198 e. The SMILES string of the molecule is N#CC1=CC(C(=O)c2cc(Cl)ccc2O)=CN2CCc3c([nH]c4ccccc34)C12. The highest BCUT2D eigenvalue weighted by molar-refractivity contribution is 6.31. The first kappa shape index (κ1) is 17.6. The Balaban J connectivity index is 1.59. The number of allylic oxidation sites excluding steroid dienone is 2. The zero-order chi connectivity index (χ0) is 20.1. The van der Waals surface area contributed by atoms with Crippen molar-refractivity contribution in [3.63, 3.8) is 0 Å². The summed E-state index contributed by atoms with van der Waals surface area (Å²) in [5, 5.41) is 21.5. The van der Waals surface area contributed by atoms with Gasteiger partial charge in [0.25, 0.3) is 0 Å². The minimum absolute atomic E-state index is 0.124. The largest absolute Gasteiger partial charge is 0.507 e. The van der Waals surface area contributed by atoms with Crippen molar-refractivity contribution < 1.29 is 9.90 Å². The number of phenolic OH excluding ortho intramolecular Hbond substituents is 1. The number of nitrogens with zero attached hydrogens (tertiary/aromatic N) is 2. The molecule has 1 atom stereocenters. The molecule has 5 nitrogen and oxygen atoms in total. The summed E-state index contributed by atoms with van der Waals surface area (Å²) in [6, 6.07) is 14.5. The van der Waals surface area contributed by atoms with Crippen LogP contribution in [-0.4, -0.2) is 27.3 Å². The Morgan fingerprint density at radius 1 is 1.28 bits per heavy atom. The molecule has 0 fully saturated rings. The van der Waals surface area contributed by atoms with Gasteiger partial charge < -0.3 is 15.0 Å². The van der Waals surface area contributed by atoms with E-state index in [1.807, 2.05) is 23.1 Å². The third kappa shape index (κ3) is 2.72. The molecule has 0 aliphatic carbocycles. The van der Waals surface area contributed by atoms with Gasteiger partial charge in [0.1, 0.15) is 11.8 Å². The van der Waals surface area contributed by atoms with E-state index in [0.717, 1.165) is 17.6 Å². The highest BCUT2D eigenvalue weighted by Gasteiger charge is 2.35. The number of para-hydroxylation sites is 1. The molecule has 2 aromatic carbocycles. The average molecular weight is 402 g/mol. The standard InChI is InChI=1S/C23H16ClN3O2/c24-15-5-6-20(28)18(10-15)23(29)14-9-13(11-25)22-21-17(7-8-27(22)12-14)16-3-1-2-4-19(16)26-21/h1-6,9-10,12,22,26,28H,7-8H2. The van der Waals surface area contributed by atoms with E-state index in [-0.39, 0.29) is 23.1 Å². The Kier molecular flexibility index (Phi) is 3.97. The molecular weight excluding hydrogens is 386 g/mol. The number of H-pyrrole nitrogens is 1. The third-order valence-electron chi connectivity index (χ3n) is 5.58. The lowest BCUT2D eigenvalue weighted by Gasteiger charge is -2.37. The number of aromatic hydroxyl groups is 1. The number of carbonyl (C=O) groups is 1. The van der Waals surface area contributed by atoms with E-state index in [1.165, 1.54) is 29.1 Å². The summed E-state index contributed by atoms with van der Waals surface area (Å²) in [4.78, 5) is 18.5. The van der Waals surface area contributed by atoms with Gasteiger partial charge in [0.2, 0.25) is 0 Å². The van der Waals surface area contributed by atoms with Gasteiger partial charge in [-0.05, 0) is 42.3 Å². The van der Waals surface area contributed by atoms with Gasteiger partial charge in [-0.25, -0.2) is 0 Å². The number of aromatic nitrogens is 1. The molecule has 6 heteroatoms. The van der Waals surface area contributed by atoms with Gasteiger partial charge >= 0.3 is 0 Å². The maximum atomic E-state index is 13.0. The van der Waals surface area contributed by atoms with E-state index < -0.39 is 0 Å². The van der Waals surface area contributed by atoms with E-state index in [0.29, 0.717) is 22.7 Å². The van der Waals surface area contributed by atoms with Crippen molar-refractivity contribution in [3.8, 4) is 11.8 Å². The molecule has 5 rings (SSSR count). The molecule has 0 radical (unpaired) electrons. The van der Waals surface area contributed by atoms with Gasteiger partial charge in [-0.2, -0.15) is 5.26 Å². The van der Waals surface area contributed by atoms with Crippen LogP contribution in [0.25, 0.3) is 10.9 Å². The lowest BCUT2D eigenvalue weighted by atomic mass is 9.88. The van der Waals surface area contributed by atoms with Gasteiger partial charge in [0.15, 0.2) is 5.78 Å².